The fraction of sp³-hybridized carbons (Fsp3) is 0.316. The van der Waals surface area contributed by atoms with Crippen LogP contribution < -0.4 is 10.2 Å². The standard InChI is InChI=1S/C19H20N4O4/c1-25-19(24)16-7-6-13(27-16)12-20-17-18(23-8-10-26-11-9-23)22-15-5-3-2-4-14(15)21-17/h2-7H,8-12H2,1H3,(H,20,21). The maximum absolute atomic E-state index is 11.5. The van der Waals surface area contributed by atoms with Crippen LogP contribution in [0.2, 0.25) is 0 Å². The zero-order valence-corrected chi connectivity index (χ0v) is 15.0. The van der Waals surface area contributed by atoms with E-state index in [9.17, 15) is 4.79 Å². The molecule has 1 aliphatic rings. The molecule has 1 fully saturated rings. The number of carbonyl (C=O) groups excluding carboxylic acids is 1. The number of esters is 1. The molecule has 0 atom stereocenters. The molecule has 1 aliphatic heterocycles. The number of fused-ring (bicyclic) bond motifs is 1. The van der Waals surface area contributed by atoms with Gasteiger partial charge in [-0.3, -0.25) is 0 Å². The molecule has 140 valence electrons. The molecule has 3 aromatic rings. The molecule has 4 rings (SSSR count). The summed E-state index contributed by atoms with van der Waals surface area (Å²) in [5.41, 5.74) is 1.65. The molecule has 0 aliphatic carbocycles. The lowest BCUT2D eigenvalue weighted by Gasteiger charge is -2.29. The largest absolute Gasteiger partial charge is 0.463 e. The third-order valence-corrected chi connectivity index (χ3v) is 4.34. The zero-order valence-electron chi connectivity index (χ0n) is 15.0. The molecule has 8 nitrogen and oxygen atoms in total. The van der Waals surface area contributed by atoms with Crippen molar-refractivity contribution < 1.29 is 18.7 Å². The van der Waals surface area contributed by atoms with Gasteiger partial charge in [-0.25, -0.2) is 14.8 Å². The number of para-hydroxylation sites is 2. The number of benzene rings is 1. The van der Waals surface area contributed by atoms with Gasteiger partial charge in [0.25, 0.3) is 0 Å². The summed E-state index contributed by atoms with van der Waals surface area (Å²) < 4.78 is 15.6. The van der Waals surface area contributed by atoms with Gasteiger partial charge in [-0.05, 0) is 24.3 Å². The highest BCUT2D eigenvalue weighted by Crippen LogP contribution is 2.26. The Hall–Kier alpha value is -3.13. The number of nitrogens with zero attached hydrogens (tertiary/aromatic N) is 3. The number of methoxy groups -OCH3 is 1. The van der Waals surface area contributed by atoms with Crippen LogP contribution in [0.1, 0.15) is 16.3 Å². The van der Waals surface area contributed by atoms with Crippen molar-refractivity contribution in [1.29, 1.82) is 0 Å². The average Bonchev–Trinajstić information content (AvgIpc) is 3.20. The number of anilines is 2. The lowest BCUT2D eigenvalue weighted by molar-refractivity contribution is 0.0563. The highest BCUT2D eigenvalue weighted by atomic mass is 16.5. The molecule has 2 aromatic heterocycles. The molecular formula is C19H20N4O4. The number of nitrogens with one attached hydrogen (secondary N) is 1. The average molecular weight is 368 g/mol. The molecule has 27 heavy (non-hydrogen) atoms. The van der Waals surface area contributed by atoms with E-state index in [-0.39, 0.29) is 5.76 Å². The number of hydrogen-bond donors (Lipinski definition) is 1. The van der Waals surface area contributed by atoms with Crippen molar-refractivity contribution in [2.45, 2.75) is 6.54 Å². The van der Waals surface area contributed by atoms with Crippen molar-refractivity contribution in [3.63, 3.8) is 0 Å². The first-order valence-corrected chi connectivity index (χ1v) is 8.75. The first-order valence-electron chi connectivity index (χ1n) is 8.75. The summed E-state index contributed by atoms with van der Waals surface area (Å²) in [6, 6.07) is 11.1. The van der Waals surface area contributed by atoms with Gasteiger partial charge in [0.05, 0.1) is 37.9 Å². The molecule has 0 amide bonds. The second-order valence-electron chi connectivity index (χ2n) is 6.10. The lowest BCUT2D eigenvalue weighted by atomic mass is 10.3. The number of rotatable bonds is 5. The molecule has 0 bridgehead atoms. The highest BCUT2D eigenvalue weighted by Gasteiger charge is 2.19. The van der Waals surface area contributed by atoms with Gasteiger partial charge in [-0.1, -0.05) is 12.1 Å². The Bertz CT molecular complexity index is 950. The van der Waals surface area contributed by atoms with Crippen molar-refractivity contribution in [1.82, 2.24) is 9.97 Å². The zero-order chi connectivity index (χ0) is 18.6. The molecule has 1 N–H and O–H groups in total. The van der Waals surface area contributed by atoms with Crippen LogP contribution >= 0.6 is 0 Å². The van der Waals surface area contributed by atoms with Crippen LogP contribution in [0.5, 0.6) is 0 Å². The van der Waals surface area contributed by atoms with Crippen LogP contribution in [-0.4, -0.2) is 49.4 Å². The second kappa shape index (κ2) is 7.63. The quantitative estimate of drug-likeness (QED) is 0.687. The molecule has 8 heteroatoms. The molecule has 1 saturated heterocycles. The van der Waals surface area contributed by atoms with Crippen molar-refractivity contribution in [2.24, 2.45) is 0 Å². The Labute approximate surface area is 156 Å². The van der Waals surface area contributed by atoms with E-state index in [0.717, 1.165) is 29.9 Å². The summed E-state index contributed by atoms with van der Waals surface area (Å²) in [5.74, 6) is 1.75. The minimum absolute atomic E-state index is 0.173. The summed E-state index contributed by atoms with van der Waals surface area (Å²) in [4.78, 5) is 23.2. The van der Waals surface area contributed by atoms with E-state index in [1.54, 1.807) is 12.1 Å². The lowest BCUT2D eigenvalue weighted by Crippen LogP contribution is -2.37. The summed E-state index contributed by atoms with van der Waals surface area (Å²) in [6.07, 6.45) is 0. The Morgan fingerprint density at radius 1 is 1.15 bits per heavy atom. The Morgan fingerprint density at radius 3 is 2.63 bits per heavy atom. The SMILES string of the molecule is COC(=O)c1ccc(CNc2nc3ccccc3nc2N2CCOCC2)o1. The Kier molecular flexibility index (Phi) is 4.88. The molecule has 0 unspecified atom stereocenters. The first-order chi connectivity index (χ1) is 13.2. The molecule has 0 spiro atoms. The van der Waals surface area contributed by atoms with Gasteiger partial charge >= 0.3 is 5.97 Å². The predicted octanol–water partition coefficient (Wildman–Crippen LogP) is 2.46. The normalized spacial score (nSPS) is 14.3. The third-order valence-electron chi connectivity index (χ3n) is 4.34. The molecule has 1 aromatic carbocycles. The second-order valence-corrected chi connectivity index (χ2v) is 6.10. The smallest absolute Gasteiger partial charge is 0.373 e. The van der Waals surface area contributed by atoms with Crippen molar-refractivity contribution >= 4 is 28.6 Å². The van der Waals surface area contributed by atoms with Crippen LogP contribution in [0.4, 0.5) is 11.6 Å². The van der Waals surface area contributed by atoms with E-state index in [2.05, 4.69) is 15.0 Å². The van der Waals surface area contributed by atoms with Gasteiger partial charge in [-0.2, -0.15) is 0 Å². The maximum Gasteiger partial charge on any atom is 0.373 e. The summed E-state index contributed by atoms with van der Waals surface area (Å²) in [6.45, 7) is 3.22. The number of furan rings is 1. The van der Waals surface area contributed by atoms with Gasteiger partial charge in [0, 0.05) is 13.1 Å². The van der Waals surface area contributed by atoms with Crippen molar-refractivity contribution in [3.05, 3.63) is 47.9 Å². The van der Waals surface area contributed by atoms with Crippen molar-refractivity contribution in [2.75, 3.05) is 43.6 Å². The fourth-order valence-electron chi connectivity index (χ4n) is 2.96. The van der Waals surface area contributed by atoms with E-state index < -0.39 is 5.97 Å². The van der Waals surface area contributed by atoms with E-state index >= 15 is 0 Å². The Morgan fingerprint density at radius 2 is 1.89 bits per heavy atom. The first kappa shape index (κ1) is 17.3. The van der Waals surface area contributed by atoms with Gasteiger partial charge < -0.3 is 24.1 Å². The van der Waals surface area contributed by atoms with Gasteiger partial charge in [0.2, 0.25) is 5.76 Å². The number of carbonyl (C=O) groups is 1. The van der Waals surface area contributed by atoms with E-state index in [0.29, 0.717) is 31.3 Å². The third kappa shape index (κ3) is 3.70. The van der Waals surface area contributed by atoms with Gasteiger partial charge in [0.1, 0.15) is 5.76 Å². The van der Waals surface area contributed by atoms with Gasteiger partial charge in [0.15, 0.2) is 11.6 Å². The van der Waals surface area contributed by atoms with E-state index in [1.165, 1.54) is 7.11 Å². The molecular weight excluding hydrogens is 348 g/mol. The highest BCUT2D eigenvalue weighted by molar-refractivity contribution is 5.86. The number of hydrogen-bond acceptors (Lipinski definition) is 8. The van der Waals surface area contributed by atoms with Crippen LogP contribution in [0, 0.1) is 0 Å². The molecule has 3 heterocycles. The number of ether oxygens (including phenoxy) is 2. The summed E-state index contributed by atoms with van der Waals surface area (Å²) in [5, 5.41) is 3.29. The van der Waals surface area contributed by atoms with Crippen LogP contribution in [0.3, 0.4) is 0 Å². The predicted molar refractivity (Wildman–Crippen MR) is 99.9 cm³/mol. The van der Waals surface area contributed by atoms with Crippen molar-refractivity contribution in [3.8, 4) is 0 Å². The Balaban J connectivity index is 1.60. The van der Waals surface area contributed by atoms with Crippen LogP contribution in [0.15, 0.2) is 40.8 Å². The summed E-state index contributed by atoms with van der Waals surface area (Å²) in [7, 11) is 1.32. The minimum atomic E-state index is -0.499. The fourth-order valence-corrected chi connectivity index (χ4v) is 2.96. The van der Waals surface area contributed by atoms with E-state index in [4.69, 9.17) is 19.1 Å². The van der Waals surface area contributed by atoms with Crippen LogP contribution in [0.25, 0.3) is 11.0 Å². The topological polar surface area (TPSA) is 89.7 Å². The van der Waals surface area contributed by atoms with Gasteiger partial charge in [-0.15, -0.1) is 0 Å². The van der Waals surface area contributed by atoms with Crippen LogP contribution in [-0.2, 0) is 16.0 Å². The molecule has 0 radical (unpaired) electrons. The molecule has 0 saturated carbocycles. The monoisotopic (exact) mass is 368 g/mol. The minimum Gasteiger partial charge on any atom is -0.463 e. The number of aromatic nitrogens is 2. The maximum atomic E-state index is 11.5. The summed E-state index contributed by atoms with van der Waals surface area (Å²) >= 11 is 0. The number of morpholine rings is 1. The van der Waals surface area contributed by atoms with E-state index in [1.807, 2.05) is 24.3 Å².